The minimum atomic E-state index is -0.492. The van der Waals surface area contributed by atoms with Gasteiger partial charge < -0.3 is 20.9 Å². The fourth-order valence-corrected chi connectivity index (χ4v) is 2.77. The van der Waals surface area contributed by atoms with Gasteiger partial charge in [-0.1, -0.05) is 17.7 Å². The van der Waals surface area contributed by atoms with Crippen LogP contribution in [0.15, 0.2) is 48.8 Å². The lowest BCUT2D eigenvalue weighted by molar-refractivity contribution is 0.0943. The monoisotopic (exact) mass is 391 g/mol. The standard InChI is InChI=1S/C21H21N5O3/c1-12-4-5-13(2)16(10-12)19(27)25-14-6-8-15(9-7-14)26-21(29)18-17(20(28)22-3)23-11-24-18/h4-11H,1-3H3,(H,22,28)(H,23,24)(H,25,27)(H,26,29). The summed E-state index contributed by atoms with van der Waals surface area (Å²) in [5.41, 5.74) is 3.71. The molecular formula is C21H21N5O3. The van der Waals surface area contributed by atoms with Crippen LogP contribution >= 0.6 is 0 Å². The number of nitrogens with zero attached hydrogens (tertiary/aromatic N) is 1. The molecule has 0 saturated heterocycles. The van der Waals surface area contributed by atoms with Gasteiger partial charge in [-0.15, -0.1) is 0 Å². The number of amides is 3. The van der Waals surface area contributed by atoms with Gasteiger partial charge in [0.05, 0.1) is 6.33 Å². The number of imidazole rings is 1. The van der Waals surface area contributed by atoms with Gasteiger partial charge in [0.15, 0.2) is 5.69 Å². The van der Waals surface area contributed by atoms with Crippen molar-refractivity contribution in [3.05, 3.63) is 76.9 Å². The maximum atomic E-state index is 12.5. The average molecular weight is 391 g/mol. The zero-order valence-electron chi connectivity index (χ0n) is 16.3. The number of carbonyl (C=O) groups is 3. The molecule has 4 N–H and O–H groups in total. The van der Waals surface area contributed by atoms with Crippen LogP contribution in [0.2, 0.25) is 0 Å². The number of aryl methyl sites for hydroxylation is 2. The second-order valence-electron chi connectivity index (χ2n) is 6.51. The fourth-order valence-electron chi connectivity index (χ4n) is 2.77. The van der Waals surface area contributed by atoms with Crippen LogP contribution in [0.25, 0.3) is 0 Å². The van der Waals surface area contributed by atoms with Crippen molar-refractivity contribution in [2.75, 3.05) is 17.7 Å². The lowest BCUT2D eigenvalue weighted by Gasteiger charge is -2.10. The van der Waals surface area contributed by atoms with Crippen LogP contribution in [0.3, 0.4) is 0 Å². The minimum Gasteiger partial charge on any atom is -0.354 e. The average Bonchev–Trinajstić information content (AvgIpc) is 3.20. The Morgan fingerprint density at radius 2 is 1.48 bits per heavy atom. The Kier molecular flexibility index (Phi) is 5.73. The molecule has 1 aromatic heterocycles. The van der Waals surface area contributed by atoms with Crippen molar-refractivity contribution in [2.45, 2.75) is 13.8 Å². The summed E-state index contributed by atoms with van der Waals surface area (Å²) in [6.45, 7) is 3.82. The van der Waals surface area contributed by atoms with Gasteiger partial charge in [0.25, 0.3) is 17.7 Å². The van der Waals surface area contributed by atoms with Crippen molar-refractivity contribution < 1.29 is 14.4 Å². The van der Waals surface area contributed by atoms with Crippen LogP contribution in [-0.2, 0) is 0 Å². The highest BCUT2D eigenvalue weighted by molar-refractivity contribution is 6.10. The number of benzene rings is 2. The molecule has 0 aliphatic heterocycles. The first-order valence-corrected chi connectivity index (χ1v) is 8.94. The summed E-state index contributed by atoms with van der Waals surface area (Å²) in [4.78, 5) is 43.2. The van der Waals surface area contributed by atoms with Gasteiger partial charge in [0, 0.05) is 24.0 Å². The van der Waals surface area contributed by atoms with E-state index in [0.29, 0.717) is 16.9 Å². The summed E-state index contributed by atoms with van der Waals surface area (Å²) in [5.74, 6) is -1.15. The second-order valence-corrected chi connectivity index (χ2v) is 6.51. The molecule has 8 nitrogen and oxygen atoms in total. The highest BCUT2D eigenvalue weighted by atomic mass is 16.2. The molecule has 2 aromatic carbocycles. The van der Waals surface area contributed by atoms with Crippen molar-refractivity contribution in [2.24, 2.45) is 0 Å². The molecule has 0 fully saturated rings. The van der Waals surface area contributed by atoms with Crippen molar-refractivity contribution in [3.8, 4) is 0 Å². The van der Waals surface area contributed by atoms with Gasteiger partial charge >= 0.3 is 0 Å². The molecule has 3 aromatic rings. The van der Waals surface area contributed by atoms with Crippen LogP contribution < -0.4 is 16.0 Å². The normalized spacial score (nSPS) is 10.3. The van der Waals surface area contributed by atoms with E-state index in [2.05, 4.69) is 25.9 Å². The van der Waals surface area contributed by atoms with Crippen molar-refractivity contribution >= 4 is 29.1 Å². The Balaban J connectivity index is 1.68. The van der Waals surface area contributed by atoms with Crippen LogP contribution in [0.4, 0.5) is 11.4 Å². The smallest absolute Gasteiger partial charge is 0.274 e. The Morgan fingerprint density at radius 1 is 0.862 bits per heavy atom. The number of hydrogen-bond donors (Lipinski definition) is 4. The van der Waals surface area contributed by atoms with E-state index in [0.717, 1.165) is 11.1 Å². The van der Waals surface area contributed by atoms with Gasteiger partial charge in [-0.05, 0) is 49.7 Å². The van der Waals surface area contributed by atoms with E-state index in [1.54, 1.807) is 24.3 Å². The van der Waals surface area contributed by atoms with E-state index in [9.17, 15) is 14.4 Å². The van der Waals surface area contributed by atoms with E-state index >= 15 is 0 Å². The number of H-pyrrole nitrogens is 1. The quantitative estimate of drug-likeness (QED) is 0.535. The van der Waals surface area contributed by atoms with E-state index in [-0.39, 0.29) is 17.3 Å². The highest BCUT2D eigenvalue weighted by Crippen LogP contribution is 2.17. The first-order chi connectivity index (χ1) is 13.9. The van der Waals surface area contributed by atoms with Crippen LogP contribution in [0, 0.1) is 13.8 Å². The molecule has 3 rings (SSSR count). The van der Waals surface area contributed by atoms with Crippen molar-refractivity contribution in [3.63, 3.8) is 0 Å². The number of aromatic nitrogens is 2. The molecule has 1 heterocycles. The molecular weight excluding hydrogens is 370 g/mol. The fraction of sp³-hybridized carbons (Fsp3) is 0.143. The molecule has 0 radical (unpaired) electrons. The Morgan fingerprint density at radius 3 is 2.10 bits per heavy atom. The molecule has 0 saturated carbocycles. The van der Waals surface area contributed by atoms with Crippen molar-refractivity contribution in [1.29, 1.82) is 0 Å². The van der Waals surface area contributed by atoms with Gasteiger partial charge in [0.2, 0.25) is 0 Å². The molecule has 0 unspecified atom stereocenters. The first-order valence-electron chi connectivity index (χ1n) is 8.94. The summed E-state index contributed by atoms with van der Waals surface area (Å²) in [6.07, 6.45) is 1.28. The summed E-state index contributed by atoms with van der Waals surface area (Å²) in [7, 11) is 1.46. The number of carbonyl (C=O) groups excluding carboxylic acids is 3. The lowest BCUT2D eigenvalue weighted by Crippen LogP contribution is -2.23. The lowest BCUT2D eigenvalue weighted by atomic mass is 10.1. The van der Waals surface area contributed by atoms with Gasteiger partial charge in [0.1, 0.15) is 5.69 Å². The van der Waals surface area contributed by atoms with Gasteiger partial charge in [-0.2, -0.15) is 0 Å². The Bertz CT molecular complexity index is 1070. The number of rotatable bonds is 5. The molecule has 0 bridgehead atoms. The zero-order valence-corrected chi connectivity index (χ0v) is 16.3. The molecule has 148 valence electrons. The summed E-state index contributed by atoms with van der Waals surface area (Å²) < 4.78 is 0. The van der Waals surface area contributed by atoms with Crippen LogP contribution in [-0.4, -0.2) is 34.7 Å². The van der Waals surface area contributed by atoms with Crippen molar-refractivity contribution in [1.82, 2.24) is 15.3 Å². The third kappa shape index (κ3) is 4.49. The maximum Gasteiger partial charge on any atom is 0.274 e. The zero-order chi connectivity index (χ0) is 21.0. The molecule has 8 heteroatoms. The number of aromatic amines is 1. The predicted molar refractivity (Wildman–Crippen MR) is 110 cm³/mol. The number of hydrogen-bond acceptors (Lipinski definition) is 4. The number of nitrogens with one attached hydrogen (secondary N) is 4. The highest BCUT2D eigenvalue weighted by Gasteiger charge is 2.19. The SMILES string of the molecule is CNC(=O)c1nc[nH]c1C(=O)Nc1ccc(NC(=O)c2cc(C)ccc2C)cc1. The molecule has 0 aliphatic rings. The minimum absolute atomic E-state index is 0.0161. The Hall–Kier alpha value is -3.94. The van der Waals surface area contributed by atoms with Crippen LogP contribution in [0.1, 0.15) is 42.5 Å². The topological polar surface area (TPSA) is 116 Å². The van der Waals surface area contributed by atoms with E-state index in [1.165, 1.54) is 13.4 Å². The van der Waals surface area contributed by atoms with E-state index in [4.69, 9.17) is 0 Å². The van der Waals surface area contributed by atoms with Gasteiger partial charge in [-0.3, -0.25) is 14.4 Å². The molecule has 29 heavy (non-hydrogen) atoms. The summed E-state index contributed by atoms with van der Waals surface area (Å²) >= 11 is 0. The third-order valence-electron chi connectivity index (χ3n) is 4.35. The first kappa shape index (κ1) is 19.8. The summed E-state index contributed by atoms with van der Waals surface area (Å²) in [6, 6.07) is 12.4. The molecule has 0 aliphatic carbocycles. The number of anilines is 2. The van der Waals surface area contributed by atoms with E-state index < -0.39 is 11.8 Å². The predicted octanol–water partition coefficient (Wildman–Crippen LogP) is 2.89. The molecule has 0 spiro atoms. The molecule has 3 amide bonds. The largest absolute Gasteiger partial charge is 0.354 e. The second kappa shape index (κ2) is 8.39. The third-order valence-corrected chi connectivity index (χ3v) is 4.35. The molecule has 0 atom stereocenters. The van der Waals surface area contributed by atoms with Crippen LogP contribution in [0.5, 0.6) is 0 Å². The maximum absolute atomic E-state index is 12.5. The van der Waals surface area contributed by atoms with Gasteiger partial charge in [-0.25, -0.2) is 4.98 Å². The summed E-state index contributed by atoms with van der Waals surface area (Å²) in [5, 5.41) is 7.97. The Labute approximate surface area is 167 Å². The van der Waals surface area contributed by atoms with E-state index in [1.807, 2.05) is 32.0 Å².